The Morgan fingerprint density at radius 2 is 1.89 bits per heavy atom. The van der Waals surface area contributed by atoms with Crippen LogP contribution >= 0.6 is 0 Å². The Hall–Kier alpha value is -1.35. The summed E-state index contributed by atoms with van der Waals surface area (Å²) in [6.07, 6.45) is 3.00. The van der Waals surface area contributed by atoms with Gasteiger partial charge in [-0.25, -0.2) is 0 Å². The molecular formula is C16H25NO2. The Kier molecular flexibility index (Phi) is 6.57. The van der Waals surface area contributed by atoms with Crippen LogP contribution in [0.3, 0.4) is 0 Å². The Morgan fingerprint density at radius 1 is 1.26 bits per heavy atom. The van der Waals surface area contributed by atoms with E-state index in [0.717, 1.165) is 24.8 Å². The Balaban J connectivity index is 2.91. The number of hydrogen-bond acceptors (Lipinski definition) is 3. The predicted octanol–water partition coefficient (Wildman–Crippen LogP) is 3.10. The Bertz CT molecular complexity index is 386. The number of carbonyl (C=O) groups excluding carboxylic acids is 1. The summed E-state index contributed by atoms with van der Waals surface area (Å²) in [6, 6.07) is 8.52. The summed E-state index contributed by atoms with van der Waals surface area (Å²) < 4.78 is 4.89. The summed E-state index contributed by atoms with van der Waals surface area (Å²) in [5.74, 6) is -0.300. The fraction of sp³-hybridized carbons (Fsp3) is 0.562. The summed E-state index contributed by atoms with van der Waals surface area (Å²) in [5, 5.41) is 3.24. The second-order valence-electron chi connectivity index (χ2n) is 4.80. The zero-order valence-corrected chi connectivity index (χ0v) is 12.4. The first kappa shape index (κ1) is 15.7. The van der Waals surface area contributed by atoms with Gasteiger partial charge in [-0.05, 0) is 31.0 Å². The Morgan fingerprint density at radius 3 is 2.32 bits per heavy atom. The fourth-order valence-corrected chi connectivity index (χ4v) is 2.47. The average Bonchev–Trinajstić information content (AvgIpc) is 2.45. The van der Waals surface area contributed by atoms with Gasteiger partial charge in [-0.15, -0.1) is 0 Å². The van der Waals surface area contributed by atoms with Gasteiger partial charge < -0.3 is 10.1 Å². The van der Waals surface area contributed by atoms with Gasteiger partial charge in [0, 0.05) is 6.04 Å². The maximum absolute atomic E-state index is 11.8. The topological polar surface area (TPSA) is 38.3 Å². The third kappa shape index (κ3) is 4.06. The number of esters is 1. The van der Waals surface area contributed by atoms with Gasteiger partial charge in [0.15, 0.2) is 0 Å². The van der Waals surface area contributed by atoms with Gasteiger partial charge in [-0.2, -0.15) is 0 Å². The summed E-state index contributed by atoms with van der Waals surface area (Å²) >= 11 is 0. The lowest BCUT2D eigenvalue weighted by Crippen LogP contribution is -2.31. The molecule has 0 aliphatic carbocycles. The van der Waals surface area contributed by atoms with E-state index >= 15 is 0 Å². The first-order valence-electron chi connectivity index (χ1n) is 7.01. The van der Waals surface area contributed by atoms with E-state index in [1.807, 2.05) is 14.0 Å². The van der Waals surface area contributed by atoms with E-state index in [0.29, 0.717) is 0 Å². The molecule has 0 fully saturated rings. The molecule has 3 nitrogen and oxygen atoms in total. The van der Waals surface area contributed by atoms with E-state index in [1.165, 1.54) is 12.7 Å². The van der Waals surface area contributed by atoms with Crippen molar-refractivity contribution in [2.75, 3.05) is 14.2 Å². The highest BCUT2D eigenvalue weighted by Crippen LogP contribution is 2.26. The number of ether oxygens (including phenoxy) is 1. The molecule has 3 heteroatoms. The van der Waals surface area contributed by atoms with Gasteiger partial charge in [-0.3, -0.25) is 4.79 Å². The predicted molar refractivity (Wildman–Crippen MR) is 78.0 cm³/mol. The third-order valence-electron chi connectivity index (χ3n) is 3.53. The molecule has 1 N–H and O–H groups in total. The van der Waals surface area contributed by atoms with E-state index in [4.69, 9.17) is 4.74 Å². The molecule has 2 unspecified atom stereocenters. The van der Waals surface area contributed by atoms with Crippen molar-refractivity contribution in [3.05, 3.63) is 35.4 Å². The van der Waals surface area contributed by atoms with E-state index in [-0.39, 0.29) is 17.9 Å². The lowest BCUT2D eigenvalue weighted by atomic mass is 9.90. The Labute approximate surface area is 116 Å². The first-order chi connectivity index (χ1) is 9.17. The van der Waals surface area contributed by atoms with E-state index in [9.17, 15) is 4.79 Å². The van der Waals surface area contributed by atoms with Crippen LogP contribution in [-0.2, 0) is 16.0 Å². The first-order valence-corrected chi connectivity index (χ1v) is 7.01. The van der Waals surface area contributed by atoms with Crippen LogP contribution in [0.4, 0.5) is 0 Å². The molecule has 106 valence electrons. The molecule has 0 aromatic heterocycles. The second-order valence-corrected chi connectivity index (χ2v) is 4.80. The van der Waals surface area contributed by atoms with Crippen molar-refractivity contribution in [1.29, 1.82) is 0 Å². The molecule has 0 aliphatic heterocycles. The molecule has 0 amide bonds. The van der Waals surface area contributed by atoms with Gasteiger partial charge in [-0.1, -0.05) is 44.5 Å². The third-order valence-corrected chi connectivity index (χ3v) is 3.53. The number of methoxy groups -OCH3 is 1. The van der Waals surface area contributed by atoms with Gasteiger partial charge in [0.05, 0.1) is 13.0 Å². The zero-order valence-electron chi connectivity index (χ0n) is 12.4. The SMILES string of the molecule is CCCc1ccc(C(NC)C(CC)C(=O)OC)cc1. The summed E-state index contributed by atoms with van der Waals surface area (Å²) in [4.78, 5) is 11.8. The molecule has 0 saturated heterocycles. The number of rotatable bonds is 7. The molecule has 0 bridgehead atoms. The van der Waals surface area contributed by atoms with Gasteiger partial charge in [0.1, 0.15) is 0 Å². The standard InChI is InChI=1S/C16H25NO2/c1-5-7-12-8-10-13(11-9-12)15(17-3)14(6-2)16(18)19-4/h8-11,14-15,17H,5-7H2,1-4H3. The van der Waals surface area contributed by atoms with Crippen molar-refractivity contribution in [1.82, 2.24) is 5.32 Å². The fourth-order valence-electron chi connectivity index (χ4n) is 2.47. The molecule has 0 aliphatic rings. The maximum atomic E-state index is 11.8. The minimum atomic E-state index is -0.153. The van der Waals surface area contributed by atoms with Crippen molar-refractivity contribution in [2.45, 2.75) is 39.2 Å². The monoisotopic (exact) mass is 263 g/mol. The molecule has 1 rings (SSSR count). The summed E-state index contributed by atoms with van der Waals surface area (Å²) in [7, 11) is 3.33. The molecule has 0 heterocycles. The van der Waals surface area contributed by atoms with Crippen LogP contribution in [0, 0.1) is 5.92 Å². The molecule has 0 radical (unpaired) electrons. The minimum Gasteiger partial charge on any atom is -0.469 e. The molecule has 0 spiro atoms. The van der Waals surface area contributed by atoms with Crippen molar-refractivity contribution in [2.24, 2.45) is 5.92 Å². The van der Waals surface area contributed by atoms with Crippen LogP contribution in [0.2, 0.25) is 0 Å². The number of carbonyl (C=O) groups is 1. The quantitative estimate of drug-likeness (QED) is 0.768. The highest BCUT2D eigenvalue weighted by Gasteiger charge is 2.27. The molecule has 19 heavy (non-hydrogen) atoms. The lowest BCUT2D eigenvalue weighted by Gasteiger charge is -2.24. The van der Waals surface area contributed by atoms with Crippen molar-refractivity contribution >= 4 is 5.97 Å². The lowest BCUT2D eigenvalue weighted by molar-refractivity contribution is -0.146. The van der Waals surface area contributed by atoms with Gasteiger partial charge in [0.25, 0.3) is 0 Å². The minimum absolute atomic E-state index is 0.00752. The van der Waals surface area contributed by atoms with Crippen molar-refractivity contribution in [3.8, 4) is 0 Å². The van der Waals surface area contributed by atoms with Crippen LogP contribution < -0.4 is 5.32 Å². The molecule has 2 atom stereocenters. The van der Waals surface area contributed by atoms with E-state index in [2.05, 4.69) is 36.5 Å². The highest BCUT2D eigenvalue weighted by atomic mass is 16.5. The van der Waals surface area contributed by atoms with Gasteiger partial charge >= 0.3 is 5.97 Å². The molecular weight excluding hydrogens is 238 g/mol. The second kappa shape index (κ2) is 7.95. The number of hydrogen-bond donors (Lipinski definition) is 1. The molecule has 1 aromatic carbocycles. The van der Waals surface area contributed by atoms with Crippen molar-refractivity contribution < 1.29 is 9.53 Å². The molecule has 1 aromatic rings. The summed E-state index contributed by atoms with van der Waals surface area (Å²) in [5.41, 5.74) is 2.48. The normalized spacial score (nSPS) is 13.9. The van der Waals surface area contributed by atoms with E-state index < -0.39 is 0 Å². The average molecular weight is 263 g/mol. The van der Waals surface area contributed by atoms with Crippen LogP contribution in [0.5, 0.6) is 0 Å². The molecule has 0 saturated carbocycles. The smallest absolute Gasteiger partial charge is 0.310 e. The van der Waals surface area contributed by atoms with Crippen molar-refractivity contribution in [3.63, 3.8) is 0 Å². The van der Waals surface area contributed by atoms with Gasteiger partial charge in [0.2, 0.25) is 0 Å². The number of benzene rings is 1. The highest BCUT2D eigenvalue weighted by molar-refractivity contribution is 5.73. The van der Waals surface area contributed by atoms with Crippen LogP contribution in [-0.4, -0.2) is 20.1 Å². The van der Waals surface area contributed by atoms with Crippen LogP contribution in [0.15, 0.2) is 24.3 Å². The number of aryl methyl sites for hydroxylation is 1. The zero-order chi connectivity index (χ0) is 14.3. The summed E-state index contributed by atoms with van der Waals surface area (Å²) in [6.45, 7) is 4.19. The van der Waals surface area contributed by atoms with E-state index in [1.54, 1.807) is 0 Å². The van der Waals surface area contributed by atoms with Crippen LogP contribution in [0.1, 0.15) is 43.9 Å². The maximum Gasteiger partial charge on any atom is 0.310 e. The number of nitrogens with one attached hydrogen (secondary N) is 1. The van der Waals surface area contributed by atoms with Crippen LogP contribution in [0.25, 0.3) is 0 Å². The largest absolute Gasteiger partial charge is 0.469 e.